The molecule has 2 aromatic rings. The SMILES string of the molecule is CC(C)(C)OC(=O)N1CCN(C(=O)C2c3ccccc3CCc3cc(Cl)ccc32)C[C@@H]1CCO. The number of amides is 2. The van der Waals surface area contributed by atoms with Crippen LogP contribution in [0.3, 0.4) is 0 Å². The van der Waals surface area contributed by atoms with Gasteiger partial charge in [0.1, 0.15) is 5.60 Å². The number of nitrogens with zero attached hydrogens (tertiary/aromatic N) is 2. The predicted octanol–water partition coefficient (Wildman–Crippen LogP) is 4.40. The van der Waals surface area contributed by atoms with Gasteiger partial charge in [-0.3, -0.25) is 4.79 Å². The molecular formula is C27H33ClN2O4. The molecule has 0 spiro atoms. The Balaban J connectivity index is 1.63. The van der Waals surface area contributed by atoms with Crippen molar-refractivity contribution in [2.24, 2.45) is 0 Å². The number of fused-ring (bicyclic) bond motifs is 2. The van der Waals surface area contributed by atoms with Gasteiger partial charge in [-0.05, 0) is 74.4 Å². The third-order valence-corrected chi connectivity index (χ3v) is 6.81. The summed E-state index contributed by atoms with van der Waals surface area (Å²) in [5.41, 5.74) is 3.69. The number of rotatable bonds is 3. The molecule has 1 saturated heterocycles. The number of aryl methyl sites for hydroxylation is 2. The smallest absolute Gasteiger partial charge is 0.410 e. The van der Waals surface area contributed by atoms with E-state index in [9.17, 15) is 14.7 Å². The Morgan fingerprint density at radius 2 is 1.76 bits per heavy atom. The number of ether oxygens (including phenoxy) is 1. The third kappa shape index (κ3) is 5.23. The number of carbonyl (C=O) groups excluding carboxylic acids is 2. The molecule has 0 aromatic heterocycles. The fourth-order valence-electron chi connectivity index (χ4n) is 5.01. The average Bonchev–Trinajstić information content (AvgIpc) is 2.94. The van der Waals surface area contributed by atoms with Crippen LogP contribution in [0, 0.1) is 0 Å². The maximum atomic E-state index is 14.1. The molecule has 2 aromatic carbocycles. The third-order valence-electron chi connectivity index (χ3n) is 6.58. The van der Waals surface area contributed by atoms with Gasteiger partial charge in [0, 0.05) is 31.3 Å². The fraction of sp³-hybridized carbons (Fsp3) is 0.481. The first-order valence-electron chi connectivity index (χ1n) is 11.9. The highest BCUT2D eigenvalue weighted by Gasteiger charge is 2.38. The van der Waals surface area contributed by atoms with Gasteiger partial charge in [-0.15, -0.1) is 0 Å². The van der Waals surface area contributed by atoms with Crippen molar-refractivity contribution in [2.75, 3.05) is 26.2 Å². The van der Waals surface area contributed by atoms with E-state index < -0.39 is 17.6 Å². The Hall–Kier alpha value is -2.57. The van der Waals surface area contributed by atoms with Crippen molar-refractivity contribution in [1.82, 2.24) is 9.80 Å². The molecule has 34 heavy (non-hydrogen) atoms. The quantitative estimate of drug-likeness (QED) is 0.701. The molecule has 4 rings (SSSR count). The Bertz CT molecular complexity index is 1060. The van der Waals surface area contributed by atoms with E-state index in [-0.39, 0.29) is 18.6 Å². The van der Waals surface area contributed by atoms with Crippen LogP contribution in [0.2, 0.25) is 5.02 Å². The summed E-state index contributed by atoms with van der Waals surface area (Å²) in [5, 5.41) is 10.3. The highest BCUT2D eigenvalue weighted by atomic mass is 35.5. The number of carbonyl (C=O) groups is 2. The Labute approximate surface area is 206 Å². The molecule has 1 heterocycles. The van der Waals surface area contributed by atoms with Gasteiger partial charge in [-0.2, -0.15) is 0 Å². The molecule has 7 heteroatoms. The number of hydrogen-bond donors (Lipinski definition) is 1. The number of piperazine rings is 1. The zero-order chi connectivity index (χ0) is 24.5. The predicted molar refractivity (Wildman–Crippen MR) is 132 cm³/mol. The first-order valence-corrected chi connectivity index (χ1v) is 12.3. The molecule has 0 saturated carbocycles. The molecule has 1 aliphatic carbocycles. The largest absolute Gasteiger partial charge is 0.444 e. The van der Waals surface area contributed by atoms with Gasteiger partial charge in [-0.1, -0.05) is 41.9 Å². The van der Waals surface area contributed by atoms with Gasteiger partial charge in [0.05, 0.1) is 12.0 Å². The molecular weight excluding hydrogens is 452 g/mol. The van der Waals surface area contributed by atoms with E-state index in [0.29, 0.717) is 31.1 Å². The molecule has 1 aliphatic heterocycles. The molecule has 2 atom stereocenters. The van der Waals surface area contributed by atoms with Crippen LogP contribution in [0.4, 0.5) is 4.79 Å². The van der Waals surface area contributed by atoms with E-state index in [2.05, 4.69) is 6.07 Å². The van der Waals surface area contributed by atoms with Crippen molar-refractivity contribution in [3.8, 4) is 0 Å². The number of halogens is 1. The van der Waals surface area contributed by atoms with Gasteiger partial charge in [0.15, 0.2) is 0 Å². The number of aliphatic hydroxyl groups is 1. The molecule has 2 amide bonds. The maximum absolute atomic E-state index is 14.1. The number of benzene rings is 2. The van der Waals surface area contributed by atoms with Gasteiger partial charge in [-0.25, -0.2) is 4.79 Å². The van der Waals surface area contributed by atoms with E-state index in [1.807, 2.05) is 62.1 Å². The van der Waals surface area contributed by atoms with Crippen LogP contribution in [-0.2, 0) is 22.4 Å². The standard InChI is InChI=1S/C27H33ClN2O4/c1-27(2,3)34-26(33)30-14-13-29(17-21(30)12-15-31)25(32)24-22-7-5-4-6-18(22)8-9-19-16-20(28)10-11-23(19)24/h4-7,10-11,16,21,24,31H,8-9,12-15,17H2,1-3H3/t21-,24?/m0/s1. The number of hydrogen-bond acceptors (Lipinski definition) is 4. The summed E-state index contributed by atoms with van der Waals surface area (Å²) in [7, 11) is 0. The zero-order valence-electron chi connectivity index (χ0n) is 20.1. The Kier molecular flexibility index (Phi) is 7.20. The highest BCUT2D eigenvalue weighted by molar-refractivity contribution is 6.30. The summed E-state index contributed by atoms with van der Waals surface area (Å²) in [6.07, 6.45) is 1.66. The van der Waals surface area contributed by atoms with Crippen LogP contribution in [0.1, 0.15) is 55.4 Å². The summed E-state index contributed by atoms with van der Waals surface area (Å²) in [4.78, 5) is 30.3. The summed E-state index contributed by atoms with van der Waals surface area (Å²) in [5.74, 6) is -0.404. The van der Waals surface area contributed by atoms with Crippen LogP contribution in [0.25, 0.3) is 0 Å². The van der Waals surface area contributed by atoms with Gasteiger partial charge in [0.2, 0.25) is 5.91 Å². The molecule has 1 N–H and O–H groups in total. The van der Waals surface area contributed by atoms with Crippen LogP contribution in [-0.4, -0.2) is 64.8 Å². The summed E-state index contributed by atoms with van der Waals surface area (Å²) in [6.45, 7) is 6.57. The van der Waals surface area contributed by atoms with E-state index >= 15 is 0 Å². The Morgan fingerprint density at radius 1 is 1.06 bits per heavy atom. The fourth-order valence-corrected chi connectivity index (χ4v) is 5.21. The van der Waals surface area contributed by atoms with Gasteiger partial charge in [0.25, 0.3) is 0 Å². The molecule has 1 unspecified atom stereocenters. The number of aliphatic hydroxyl groups excluding tert-OH is 1. The molecule has 6 nitrogen and oxygen atoms in total. The minimum Gasteiger partial charge on any atom is -0.444 e. The average molecular weight is 485 g/mol. The lowest BCUT2D eigenvalue weighted by Crippen LogP contribution is -2.58. The summed E-state index contributed by atoms with van der Waals surface area (Å²) < 4.78 is 5.58. The summed E-state index contributed by atoms with van der Waals surface area (Å²) in [6, 6.07) is 13.6. The minimum atomic E-state index is -0.608. The maximum Gasteiger partial charge on any atom is 0.410 e. The van der Waals surface area contributed by atoms with Crippen LogP contribution < -0.4 is 0 Å². The normalized spacial score (nSPS) is 20.3. The monoisotopic (exact) mass is 484 g/mol. The van der Waals surface area contributed by atoms with Crippen molar-refractivity contribution in [2.45, 2.75) is 57.6 Å². The van der Waals surface area contributed by atoms with Crippen molar-refractivity contribution in [3.63, 3.8) is 0 Å². The molecule has 182 valence electrons. The summed E-state index contributed by atoms with van der Waals surface area (Å²) >= 11 is 6.29. The van der Waals surface area contributed by atoms with E-state index in [1.165, 1.54) is 5.56 Å². The van der Waals surface area contributed by atoms with Crippen molar-refractivity contribution in [3.05, 3.63) is 69.7 Å². The van der Waals surface area contributed by atoms with E-state index in [4.69, 9.17) is 16.3 Å². The molecule has 2 aliphatic rings. The van der Waals surface area contributed by atoms with Crippen molar-refractivity contribution < 1.29 is 19.4 Å². The first kappa shape index (κ1) is 24.6. The van der Waals surface area contributed by atoms with Crippen LogP contribution >= 0.6 is 11.6 Å². The minimum absolute atomic E-state index is 0.0182. The van der Waals surface area contributed by atoms with Gasteiger partial charge < -0.3 is 19.6 Å². The van der Waals surface area contributed by atoms with Crippen LogP contribution in [0.5, 0.6) is 0 Å². The van der Waals surface area contributed by atoms with Gasteiger partial charge >= 0.3 is 6.09 Å². The van der Waals surface area contributed by atoms with E-state index in [0.717, 1.165) is 29.5 Å². The second kappa shape index (κ2) is 9.96. The molecule has 0 bridgehead atoms. The lowest BCUT2D eigenvalue weighted by atomic mass is 9.86. The second-order valence-electron chi connectivity index (χ2n) is 10.1. The highest BCUT2D eigenvalue weighted by Crippen LogP contribution is 2.37. The van der Waals surface area contributed by atoms with Crippen LogP contribution in [0.15, 0.2) is 42.5 Å². The molecule has 0 radical (unpaired) electrons. The van der Waals surface area contributed by atoms with Crippen molar-refractivity contribution >= 4 is 23.6 Å². The van der Waals surface area contributed by atoms with Crippen molar-refractivity contribution in [1.29, 1.82) is 0 Å². The van der Waals surface area contributed by atoms with E-state index in [1.54, 1.807) is 4.90 Å². The topological polar surface area (TPSA) is 70.1 Å². The first-order chi connectivity index (χ1) is 16.2. The lowest BCUT2D eigenvalue weighted by Gasteiger charge is -2.42. The lowest BCUT2D eigenvalue weighted by molar-refractivity contribution is -0.135. The molecule has 1 fully saturated rings. The second-order valence-corrected chi connectivity index (χ2v) is 10.5. The Morgan fingerprint density at radius 3 is 2.50 bits per heavy atom. The zero-order valence-corrected chi connectivity index (χ0v) is 20.8.